The van der Waals surface area contributed by atoms with Gasteiger partial charge in [0.25, 0.3) is 0 Å². The molecular formula is C24H33IN5O2-. The summed E-state index contributed by atoms with van der Waals surface area (Å²) in [6.07, 6.45) is 0.582. The van der Waals surface area contributed by atoms with Crippen LogP contribution in [0.5, 0.6) is 0 Å². The van der Waals surface area contributed by atoms with E-state index in [0.29, 0.717) is 39.9 Å². The Morgan fingerprint density at radius 3 is 2.66 bits per heavy atom. The number of benzene rings is 1. The molecule has 7 nitrogen and oxygen atoms in total. The van der Waals surface area contributed by atoms with E-state index in [4.69, 9.17) is 4.98 Å². The minimum atomic E-state index is -0.571. The average Bonchev–Trinajstić information content (AvgIpc) is 3.52. The Labute approximate surface area is 200 Å². The number of alkyl halides is 2. The van der Waals surface area contributed by atoms with Gasteiger partial charge >= 0.3 is 164 Å². The van der Waals surface area contributed by atoms with Crippen molar-refractivity contribution in [1.82, 2.24) is 25.1 Å². The van der Waals surface area contributed by atoms with E-state index in [9.17, 15) is 9.59 Å². The molecule has 2 aliphatic rings. The summed E-state index contributed by atoms with van der Waals surface area (Å²) in [5, 5.41) is 5.62. The van der Waals surface area contributed by atoms with Gasteiger partial charge in [-0.1, -0.05) is 13.8 Å². The van der Waals surface area contributed by atoms with Crippen LogP contribution in [0.2, 0.25) is 0 Å². The minimum absolute atomic E-state index is 0.174. The third-order valence-electron chi connectivity index (χ3n) is 6.16. The van der Waals surface area contributed by atoms with Crippen LogP contribution in [0.25, 0.3) is 11.4 Å². The second-order valence-electron chi connectivity index (χ2n) is 9.24. The number of imidazole rings is 1. The molecule has 1 aromatic heterocycles. The van der Waals surface area contributed by atoms with Gasteiger partial charge in [0.15, 0.2) is 0 Å². The number of hydrogen-bond donors (Lipinski definition) is 2. The molecule has 1 saturated heterocycles. The Hall–Kier alpha value is -1.94. The van der Waals surface area contributed by atoms with Crippen molar-refractivity contribution in [3.8, 4) is 11.4 Å². The van der Waals surface area contributed by atoms with Crippen LogP contribution in [0.15, 0.2) is 18.2 Å². The van der Waals surface area contributed by atoms with Crippen molar-refractivity contribution >= 4 is 11.8 Å². The van der Waals surface area contributed by atoms with Crippen molar-refractivity contribution in [2.75, 3.05) is 25.1 Å². The topological polar surface area (TPSA) is 79.3 Å². The van der Waals surface area contributed by atoms with Crippen LogP contribution in [-0.4, -0.2) is 57.4 Å². The van der Waals surface area contributed by atoms with Gasteiger partial charge in [-0.15, -0.1) is 0 Å². The molecular weight excluding hydrogens is 517 g/mol. The molecule has 0 aliphatic carbocycles. The number of hydrogen-bond acceptors (Lipinski definition) is 4. The standard InChI is InChI=1S/C24H33IN5O2/c1-14(2)10-19(23(31)26-4)27-24(32)21-20-13-29(5)8-9-30(20)22(28-21)16-6-7-17(15(3)11-16)18-12-25-18/h6-7,11,14,18-19H,8-10,12-13H2,1-5H3,(H,26,31)(H,27,32)/q-1/t18?,19-/m0/s1. The molecule has 2 aliphatic heterocycles. The summed E-state index contributed by atoms with van der Waals surface area (Å²) in [5.74, 6) is 0.677. The van der Waals surface area contributed by atoms with Crippen molar-refractivity contribution in [1.29, 1.82) is 0 Å². The van der Waals surface area contributed by atoms with Crippen LogP contribution in [0.4, 0.5) is 0 Å². The van der Waals surface area contributed by atoms with E-state index in [1.54, 1.807) is 7.05 Å². The maximum atomic E-state index is 13.3. The van der Waals surface area contributed by atoms with Crippen molar-refractivity contribution in [2.24, 2.45) is 5.92 Å². The van der Waals surface area contributed by atoms with E-state index in [2.05, 4.69) is 52.3 Å². The molecule has 0 bridgehead atoms. The SMILES string of the molecule is CNC(=O)[C@H](CC(C)C)NC(=O)c1nc(-c2ccc(C3C[I-]3)c(C)c2)n2c1CN(C)CC2. The molecule has 2 aromatic rings. The number of fused-ring (bicyclic) bond motifs is 1. The van der Waals surface area contributed by atoms with E-state index < -0.39 is 6.04 Å². The van der Waals surface area contributed by atoms with Gasteiger partial charge in [0, 0.05) is 7.05 Å². The molecule has 0 radical (unpaired) electrons. The van der Waals surface area contributed by atoms with Gasteiger partial charge < -0.3 is 5.32 Å². The van der Waals surface area contributed by atoms with E-state index in [1.807, 2.05) is 13.8 Å². The molecule has 2 atom stereocenters. The first-order chi connectivity index (χ1) is 15.3. The number of carbonyl (C=O) groups excluding carboxylic acids is 2. The normalized spacial score (nSPS) is 19.1. The molecule has 3 heterocycles. The Balaban J connectivity index is 1.68. The van der Waals surface area contributed by atoms with Gasteiger partial charge in [0.1, 0.15) is 0 Å². The number of rotatable bonds is 7. The number of aryl methyl sites for hydroxylation is 1. The first-order valence-electron chi connectivity index (χ1n) is 11.3. The summed E-state index contributed by atoms with van der Waals surface area (Å²) in [6.45, 7) is 8.64. The van der Waals surface area contributed by atoms with Crippen LogP contribution in [-0.2, 0) is 17.9 Å². The predicted octanol–water partition coefficient (Wildman–Crippen LogP) is -0.662. The second-order valence-corrected chi connectivity index (χ2v) is 12.5. The van der Waals surface area contributed by atoms with Crippen LogP contribution >= 0.6 is 0 Å². The molecule has 1 unspecified atom stereocenters. The second kappa shape index (κ2) is 9.51. The average molecular weight is 550 g/mol. The molecule has 2 amide bonds. The molecule has 4 rings (SSSR count). The van der Waals surface area contributed by atoms with E-state index >= 15 is 0 Å². The molecule has 1 aromatic carbocycles. The van der Waals surface area contributed by atoms with Crippen LogP contribution in [0.1, 0.15) is 51.5 Å². The van der Waals surface area contributed by atoms with Gasteiger partial charge in [-0.3, -0.25) is 4.79 Å². The van der Waals surface area contributed by atoms with E-state index in [0.717, 1.165) is 34.1 Å². The zero-order valence-corrected chi connectivity index (χ0v) is 21.7. The Kier molecular flexibility index (Phi) is 6.90. The summed E-state index contributed by atoms with van der Waals surface area (Å²) in [6, 6.07) is 6.06. The molecule has 2 N–H and O–H groups in total. The molecule has 1 fully saturated rings. The summed E-state index contributed by atoms with van der Waals surface area (Å²) < 4.78 is 4.39. The quantitative estimate of drug-likeness (QED) is 0.355. The van der Waals surface area contributed by atoms with Crippen LogP contribution < -0.4 is 31.8 Å². The first-order valence-corrected chi connectivity index (χ1v) is 14.0. The Morgan fingerprint density at radius 2 is 2.03 bits per heavy atom. The fraction of sp³-hybridized carbons (Fsp3) is 0.542. The zero-order chi connectivity index (χ0) is 23.0. The van der Waals surface area contributed by atoms with Gasteiger partial charge in [0.2, 0.25) is 0 Å². The van der Waals surface area contributed by atoms with Crippen LogP contribution in [0, 0.1) is 12.8 Å². The van der Waals surface area contributed by atoms with Gasteiger partial charge in [-0.2, -0.15) is 0 Å². The number of halogens is 1. The monoisotopic (exact) mass is 550 g/mol. The van der Waals surface area contributed by atoms with Gasteiger partial charge in [-0.05, 0) is 5.92 Å². The van der Waals surface area contributed by atoms with Crippen molar-refractivity contribution in [3.63, 3.8) is 0 Å². The fourth-order valence-electron chi connectivity index (χ4n) is 4.38. The zero-order valence-electron chi connectivity index (χ0n) is 19.5. The summed E-state index contributed by atoms with van der Waals surface area (Å²) >= 11 is 0.360. The van der Waals surface area contributed by atoms with Crippen LogP contribution in [0.3, 0.4) is 0 Å². The summed E-state index contributed by atoms with van der Waals surface area (Å²) in [7, 11) is 3.66. The summed E-state index contributed by atoms with van der Waals surface area (Å²) in [4.78, 5) is 32.7. The Bertz CT molecular complexity index is 1030. The third-order valence-corrected chi connectivity index (χ3v) is 8.59. The predicted molar refractivity (Wildman–Crippen MR) is 121 cm³/mol. The number of nitrogens with one attached hydrogen (secondary N) is 2. The van der Waals surface area contributed by atoms with Crippen molar-refractivity contribution in [2.45, 2.75) is 50.2 Å². The molecule has 8 heteroatoms. The number of carbonyl (C=O) groups is 2. The Morgan fingerprint density at radius 1 is 1.28 bits per heavy atom. The van der Waals surface area contributed by atoms with Gasteiger partial charge in [0.05, 0.1) is 0 Å². The third kappa shape index (κ3) is 4.85. The number of amides is 2. The molecule has 32 heavy (non-hydrogen) atoms. The number of likely N-dealkylation sites (N-methyl/N-ethyl adjacent to an activating group) is 2. The molecule has 174 valence electrons. The van der Waals surface area contributed by atoms with E-state index in [1.165, 1.54) is 15.6 Å². The van der Waals surface area contributed by atoms with Crippen molar-refractivity contribution < 1.29 is 30.8 Å². The first kappa shape index (κ1) is 23.2. The fourth-order valence-corrected chi connectivity index (χ4v) is 6.28. The summed E-state index contributed by atoms with van der Waals surface area (Å²) in [5.41, 5.74) is 5.20. The van der Waals surface area contributed by atoms with Crippen molar-refractivity contribution in [3.05, 3.63) is 40.7 Å². The van der Waals surface area contributed by atoms with E-state index in [-0.39, 0.29) is 17.7 Å². The van der Waals surface area contributed by atoms with Gasteiger partial charge in [-0.25, -0.2) is 0 Å². The molecule has 0 spiro atoms. The molecule has 0 saturated carbocycles. The maximum absolute atomic E-state index is 13.3. The number of aromatic nitrogens is 2. The number of nitrogens with zero attached hydrogens (tertiary/aromatic N) is 3.